The first kappa shape index (κ1) is 39.2. The predicted molar refractivity (Wildman–Crippen MR) is 113 cm³/mol. The zero-order valence-electron chi connectivity index (χ0n) is 19.8. The van der Waals surface area contributed by atoms with Crippen molar-refractivity contribution >= 4 is 61.5 Å². The van der Waals surface area contributed by atoms with Crippen molar-refractivity contribution in [1.29, 1.82) is 0 Å². The van der Waals surface area contributed by atoms with Crippen LogP contribution in [0.15, 0.2) is 0 Å². The first-order valence-corrected chi connectivity index (χ1v) is 9.60. The van der Waals surface area contributed by atoms with Gasteiger partial charge in [0.15, 0.2) is 0 Å². The van der Waals surface area contributed by atoms with Crippen molar-refractivity contribution in [3.05, 3.63) is 0 Å². The number of carboxylic acids is 2. The van der Waals surface area contributed by atoms with Gasteiger partial charge >= 0.3 is 37.7 Å². The number of aliphatic carboxylic acids is 2. The fraction of sp³-hybridized carbons (Fsp3) is 0.789. The minimum absolute atomic E-state index is 0. The number of carbonyl (C=O) groups is 4. The van der Waals surface area contributed by atoms with Gasteiger partial charge in [-0.1, -0.05) is 27.7 Å². The third-order valence-corrected chi connectivity index (χ3v) is 4.05. The van der Waals surface area contributed by atoms with Crippen molar-refractivity contribution in [2.24, 2.45) is 10.8 Å². The second kappa shape index (κ2) is 20.3. The van der Waals surface area contributed by atoms with E-state index in [-0.39, 0.29) is 76.9 Å². The van der Waals surface area contributed by atoms with E-state index in [4.69, 9.17) is 15.3 Å². The van der Waals surface area contributed by atoms with Crippen molar-refractivity contribution < 1.29 is 54.9 Å². The standard InChI is InChI=1S/2C9H17NO5.CH4O.Ca/c2*1-9(2,5-11)7(14)8(15)10-4-3-6(12)13;1-2;/h2*7,11,14H,3-5H2,1-2H3,(H,10,15)(H,12,13);2H,1H3;/q;;;+2/p-2/t2*7-;;/m00../s1. The van der Waals surface area contributed by atoms with E-state index in [9.17, 15) is 39.6 Å². The summed E-state index contributed by atoms with van der Waals surface area (Å²) in [6.45, 7) is 5.21. The Hall–Kier alpha value is -1.06. The normalized spacial score (nSPS) is 12.3. The number of aliphatic hydroxyl groups excluding tert-OH is 5. The van der Waals surface area contributed by atoms with E-state index < -0.39 is 46.8 Å². The number of hydrogen-bond donors (Lipinski definition) is 7. The molecule has 0 fully saturated rings. The molecular weight excluding hydrogens is 472 g/mol. The second-order valence-corrected chi connectivity index (χ2v) is 7.92. The van der Waals surface area contributed by atoms with Crippen LogP contribution in [0.3, 0.4) is 0 Å². The Balaban J connectivity index is -0.000000230. The number of rotatable bonds is 12. The van der Waals surface area contributed by atoms with Crippen LogP contribution in [-0.4, -0.2) is 133 Å². The fourth-order valence-electron chi connectivity index (χ4n) is 1.65. The minimum Gasteiger partial charge on any atom is -0.550 e. The zero-order valence-corrected chi connectivity index (χ0v) is 22.0. The van der Waals surface area contributed by atoms with Crippen LogP contribution in [0.4, 0.5) is 0 Å². The Morgan fingerprint density at radius 3 is 1.15 bits per heavy atom. The molecule has 0 aliphatic heterocycles. The smallest absolute Gasteiger partial charge is 0.550 e. The third-order valence-electron chi connectivity index (χ3n) is 4.05. The van der Waals surface area contributed by atoms with E-state index in [0.29, 0.717) is 0 Å². The molecule has 33 heavy (non-hydrogen) atoms. The van der Waals surface area contributed by atoms with Gasteiger partial charge in [0.25, 0.3) is 0 Å². The van der Waals surface area contributed by atoms with Gasteiger partial charge < -0.3 is 56.0 Å². The van der Waals surface area contributed by atoms with Gasteiger partial charge in [0.2, 0.25) is 11.8 Å². The van der Waals surface area contributed by atoms with Crippen LogP contribution in [0.1, 0.15) is 40.5 Å². The Labute approximate surface area is 223 Å². The van der Waals surface area contributed by atoms with Crippen LogP contribution >= 0.6 is 0 Å². The van der Waals surface area contributed by atoms with Crippen LogP contribution in [0.5, 0.6) is 0 Å². The SMILES string of the molecule is CC(C)(CO)[C@@H](O)C(=O)NCCC(=O)[O-].CC(C)(CO)[C@@H](O)C(=O)NCCC(=O)[O-].CO.[Ca+2]. The molecule has 2 atom stereocenters. The molecule has 0 spiro atoms. The minimum atomic E-state index is -1.37. The van der Waals surface area contributed by atoms with E-state index in [0.717, 1.165) is 7.11 Å². The van der Waals surface area contributed by atoms with Gasteiger partial charge in [0.05, 0.1) is 13.2 Å². The summed E-state index contributed by atoms with van der Waals surface area (Å²) in [6.07, 6.45) is -3.36. The summed E-state index contributed by atoms with van der Waals surface area (Å²) < 4.78 is 0. The van der Waals surface area contributed by atoms with Crippen LogP contribution in [0.25, 0.3) is 0 Å². The Kier molecular flexibility index (Phi) is 24.1. The maximum atomic E-state index is 11.2. The molecule has 0 aromatic carbocycles. The maximum absolute atomic E-state index is 11.2. The Bertz CT molecular complexity index is 536. The summed E-state index contributed by atoms with van der Waals surface area (Å²) in [5, 5.41) is 68.3. The molecule has 13 nitrogen and oxygen atoms in total. The summed E-state index contributed by atoms with van der Waals surface area (Å²) in [4.78, 5) is 42.6. The summed E-state index contributed by atoms with van der Waals surface area (Å²) in [7, 11) is 1.00. The molecule has 0 bridgehead atoms. The molecular formula is C19H36CaN2O11. The molecule has 7 N–H and O–H groups in total. The van der Waals surface area contributed by atoms with E-state index in [1.807, 2.05) is 0 Å². The van der Waals surface area contributed by atoms with Gasteiger partial charge in [-0.3, -0.25) is 9.59 Å². The average molecular weight is 509 g/mol. The topological polar surface area (TPSA) is 240 Å². The van der Waals surface area contributed by atoms with Crippen molar-refractivity contribution in [2.45, 2.75) is 52.7 Å². The summed E-state index contributed by atoms with van der Waals surface area (Å²) >= 11 is 0. The molecule has 0 heterocycles. The first-order chi connectivity index (χ1) is 14.6. The molecule has 0 saturated carbocycles. The fourth-order valence-corrected chi connectivity index (χ4v) is 1.65. The molecule has 0 rings (SSSR count). The van der Waals surface area contributed by atoms with E-state index in [2.05, 4.69) is 10.6 Å². The summed E-state index contributed by atoms with van der Waals surface area (Å²) in [6, 6.07) is 0. The summed E-state index contributed by atoms with van der Waals surface area (Å²) in [5.41, 5.74) is -1.91. The molecule has 0 aromatic heterocycles. The van der Waals surface area contributed by atoms with Crippen molar-refractivity contribution in [2.75, 3.05) is 33.4 Å². The largest absolute Gasteiger partial charge is 2.00 e. The molecule has 14 heteroatoms. The van der Waals surface area contributed by atoms with Crippen LogP contribution in [-0.2, 0) is 19.2 Å². The van der Waals surface area contributed by atoms with Crippen LogP contribution in [0.2, 0.25) is 0 Å². The molecule has 190 valence electrons. The number of carboxylic acid groups (broad SMARTS) is 2. The van der Waals surface area contributed by atoms with Crippen molar-refractivity contribution in [3.8, 4) is 0 Å². The van der Waals surface area contributed by atoms with Crippen molar-refractivity contribution in [1.82, 2.24) is 10.6 Å². The van der Waals surface area contributed by atoms with E-state index >= 15 is 0 Å². The van der Waals surface area contributed by atoms with Gasteiger partial charge in [0, 0.05) is 55.8 Å². The Morgan fingerprint density at radius 1 is 0.727 bits per heavy atom. The van der Waals surface area contributed by atoms with Gasteiger partial charge in [-0.2, -0.15) is 0 Å². The number of aliphatic hydroxyl groups is 5. The third kappa shape index (κ3) is 19.0. The summed E-state index contributed by atoms with van der Waals surface area (Å²) in [5.74, 6) is -3.94. The van der Waals surface area contributed by atoms with E-state index in [1.165, 1.54) is 27.7 Å². The Morgan fingerprint density at radius 2 is 0.970 bits per heavy atom. The van der Waals surface area contributed by atoms with Crippen LogP contribution < -0.4 is 20.8 Å². The monoisotopic (exact) mass is 508 g/mol. The second-order valence-electron chi connectivity index (χ2n) is 7.92. The van der Waals surface area contributed by atoms with E-state index in [1.54, 1.807) is 0 Å². The molecule has 0 aliphatic rings. The molecule has 0 unspecified atom stereocenters. The molecule has 2 amide bonds. The predicted octanol–water partition coefficient (Wildman–Crippen LogP) is -5.53. The first-order valence-electron chi connectivity index (χ1n) is 9.60. The van der Waals surface area contributed by atoms with Gasteiger partial charge in [-0.15, -0.1) is 0 Å². The number of nitrogens with one attached hydrogen (secondary N) is 2. The zero-order chi connectivity index (χ0) is 26.1. The quantitative estimate of drug-likeness (QED) is 0.123. The number of carbonyl (C=O) groups excluding carboxylic acids is 4. The van der Waals surface area contributed by atoms with Crippen LogP contribution in [0, 0.1) is 10.8 Å². The van der Waals surface area contributed by atoms with Gasteiger partial charge in [0.1, 0.15) is 12.2 Å². The molecule has 0 aromatic rings. The van der Waals surface area contributed by atoms with Gasteiger partial charge in [-0.05, 0) is 0 Å². The molecule has 0 saturated heterocycles. The number of hydrogen-bond acceptors (Lipinski definition) is 11. The van der Waals surface area contributed by atoms with Gasteiger partial charge in [-0.25, -0.2) is 0 Å². The maximum Gasteiger partial charge on any atom is 2.00 e. The average Bonchev–Trinajstić information content (AvgIpc) is 2.73. The molecule has 0 radical (unpaired) electrons. The number of amides is 2. The molecule has 0 aliphatic carbocycles. The van der Waals surface area contributed by atoms with Crippen molar-refractivity contribution in [3.63, 3.8) is 0 Å².